The average Bonchev–Trinajstić information content (AvgIpc) is 2.90. The molecule has 4 rings (SSSR count). The largest absolute Gasteiger partial charge is 0.463 e. The molecule has 1 aliphatic rings. The Labute approximate surface area is 214 Å². The highest BCUT2D eigenvalue weighted by atomic mass is 32.4. The summed E-state index contributed by atoms with van der Waals surface area (Å²) in [7, 11) is 0. The first-order chi connectivity index (χ1) is 17.1. The van der Waals surface area contributed by atoms with Gasteiger partial charge in [-0.3, -0.25) is 0 Å². The summed E-state index contributed by atoms with van der Waals surface area (Å²) < 4.78 is 5.14. The zero-order valence-electron chi connectivity index (χ0n) is 20.1. The summed E-state index contributed by atoms with van der Waals surface area (Å²) in [6, 6.07) is 27.7. The monoisotopic (exact) mass is 501 g/mol. The minimum absolute atomic E-state index is 0.0248. The number of rotatable bonds is 10. The molecule has 0 N–H and O–H groups in total. The number of hydrogen-bond acceptors (Lipinski definition) is 4. The van der Waals surface area contributed by atoms with E-state index in [4.69, 9.17) is 16.5 Å². The van der Waals surface area contributed by atoms with Gasteiger partial charge in [-0.2, -0.15) is 0 Å². The van der Waals surface area contributed by atoms with E-state index in [1.165, 1.54) is 28.3 Å². The minimum Gasteiger partial charge on any atom is -0.463 e. The van der Waals surface area contributed by atoms with Gasteiger partial charge in [-0.25, -0.2) is 4.79 Å². The second kappa shape index (κ2) is 12.2. The third-order valence-electron chi connectivity index (χ3n) is 6.34. The van der Waals surface area contributed by atoms with Gasteiger partial charge >= 0.3 is 5.97 Å². The number of ether oxygens (including phenoxy) is 1. The second-order valence-electron chi connectivity index (χ2n) is 8.70. The normalized spacial score (nSPS) is 15.2. The molecule has 0 bridgehead atoms. The summed E-state index contributed by atoms with van der Waals surface area (Å²) in [6.07, 6.45) is 11.3. The quantitative estimate of drug-likeness (QED) is 0.170. The lowest BCUT2D eigenvalue weighted by atomic mass is 10.0. The average molecular weight is 502 g/mol. The van der Waals surface area contributed by atoms with E-state index in [2.05, 4.69) is 102 Å². The van der Waals surface area contributed by atoms with E-state index in [0.29, 0.717) is 6.61 Å². The van der Waals surface area contributed by atoms with Gasteiger partial charge in [-0.05, 0) is 66.5 Å². The fourth-order valence-corrected chi connectivity index (χ4v) is 9.14. The third kappa shape index (κ3) is 6.60. The topological polar surface area (TPSA) is 29.5 Å². The fraction of sp³-hybridized carbons (Fsp3) is 0.233. The lowest BCUT2D eigenvalue weighted by molar-refractivity contribution is -0.137. The number of hydrogen-bond donors (Lipinski definition) is 0. The number of fused-ring (bicyclic) bond motifs is 1. The zero-order valence-corrected chi connectivity index (χ0v) is 21.8. The van der Waals surface area contributed by atoms with Gasteiger partial charge in [-0.15, -0.1) is 0 Å². The summed E-state index contributed by atoms with van der Waals surface area (Å²) in [6.45, 7) is 2.18. The number of benzene rings is 3. The molecule has 1 heterocycles. The van der Waals surface area contributed by atoms with Crippen LogP contribution in [0.2, 0.25) is 0 Å². The van der Waals surface area contributed by atoms with Gasteiger partial charge in [-0.1, -0.05) is 96.7 Å². The smallest absolute Gasteiger partial charge is 0.332 e. The minimum atomic E-state index is -1.98. The lowest BCUT2D eigenvalue weighted by Gasteiger charge is -2.41. The molecule has 0 radical (unpaired) electrons. The van der Waals surface area contributed by atoms with Crippen LogP contribution in [0.3, 0.4) is 0 Å². The molecule has 1 atom stereocenters. The number of carbonyl (C=O) groups excluding carboxylic acids is 1. The molecule has 0 saturated carbocycles. The summed E-state index contributed by atoms with van der Waals surface area (Å²) in [5, 5.41) is 0. The van der Waals surface area contributed by atoms with Gasteiger partial charge in [0.05, 0.1) is 12.4 Å². The Hall–Kier alpha value is -2.94. The highest BCUT2D eigenvalue weighted by Gasteiger charge is 2.35. The van der Waals surface area contributed by atoms with E-state index in [1.807, 2.05) is 13.1 Å². The lowest BCUT2D eigenvalue weighted by Crippen LogP contribution is -2.25. The van der Waals surface area contributed by atoms with Crippen molar-refractivity contribution in [3.63, 3.8) is 0 Å². The van der Waals surface area contributed by atoms with Crippen molar-refractivity contribution in [3.05, 3.63) is 126 Å². The molecule has 0 fully saturated rings. The SMILES string of the molecule is CCOC(=O)/C=C/N1C=Cc2ccccc2C1P(=S)(CCc1ccccc1)CCc1ccccc1. The van der Waals surface area contributed by atoms with E-state index >= 15 is 0 Å². The summed E-state index contributed by atoms with van der Waals surface area (Å²) in [5.41, 5.74) is 5.07. The summed E-state index contributed by atoms with van der Waals surface area (Å²) in [5.74, 6) is -0.308. The Bertz CT molecular complexity index is 1180. The molecule has 0 aromatic heterocycles. The van der Waals surface area contributed by atoms with Crippen molar-refractivity contribution in [2.45, 2.75) is 25.5 Å². The van der Waals surface area contributed by atoms with Crippen LogP contribution in [-0.4, -0.2) is 29.8 Å². The van der Waals surface area contributed by atoms with Crippen LogP contribution in [0.25, 0.3) is 6.08 Å². The van der Waals surface area contributed by atoms with Crippen molar-refractivity contribution in [3.8, 4) is 0 Å². The first-order valence-electron chi connectivity index (χ1n) is 12.1. The van der Waals surface area contributed by atoms with Crippen LogP contribution >= 0.6 is 6.04 Å². The molecule has 3 nitrogen and oxygen atoms in total. The summed E-state index contributed by atoms with van der Waals surface area (Å²) >= 11 is 6.69. The fourth-order valence-electron chi connectivity index (χ4n) is 4.55. The summed E-state index contributed by atoms with van der Waals surface area (Å²) in [4.78, 5) is 14.3. The maximum Gasteiger partial charge on any atom is 0.332 e. The van der Waals surface area contributed by atoms with Gasteiger partial charge in [0.25, 0.3) is 0 Å². The highest BCUT2D eigenvalue weighted by Crippen LogP contribution is 2.63. The van der Waals surface area contributed by atoms with E-state index in [0.717, 1.165) is 25.2 Å². The van der Waals surface area contributed by atoms with Gasteiger partial charge < -0.3 is 9.64 Å². The Balaban J connectivity index is 1.70. The number of aryl methyl sites for hydroxylation is 2. The molecule has 0 saturated heterocycles. The number of nitrogens with zero attached hydrogens (tertiary/aromatic N) is 1. The predicted molar refractivity (Wildman–Crippen MR) is 150 cm³/mol. The highest BCUT2D eigenvalue weighted by molar-refractivity contribution is 8.14. The van der Waals surface area contributed by atoms with Gasteiger partial charge in [0.15, 0.2) is 0 Å². The van der Waals surface area contributed by atoms with Crippen LogP contribution in [0.1, 0.15) is 35.0 Å². The van der Waals surface area contributed by atoms with Crippen LogP contribution < -0.4 is 0 Å². The van der Waals surface area contributed by atoms with Crippen LogP contribution in [0.4, 0.5) is 0 Å². The Morgan fingerprint density at radius 3 is 2.09 bits per heavy atom. The Morgan fingerprint density at radius 2 is 1.49 bits per heavy atom. The van der Waals surface area contributed by atoms with E-state index in [1.54, 1.807) is 0 Å². The molecule has 0 amide bonds. The zero-order chi connectivity index (χ0) is 24.5. The first kappa shape index (κ1) is 25.2. The molecule has 3 aromatic carbocycles. The second-order valence-corrected chi connectivity index (χ2v) is 14.2. The maximum absolute atomic E-state index is 12.1. The molecule has 3 aromatic rings. The van der Waals surface area contributed by atoms with Crippen LogP contribution in [0.5, 0.6) is 0 Å². The molecule has 0 aliphatic carbocycles. The van der Waals surface area contributed by atoms with Crippen molar-refractivity contribution >= 4 is 29.9 Å². The maximum atomic E-state index is 12.1. The number of esters is 1. The standard InChI is InChI=1S/C30H32NO2PS/c1-2-33-29(32)18-22-31-21-17-27-15-9-10-16-28(27)30(31)34(35,23-19-25-11-5-3-6-12-25)24-20-26-13-7-4-8-14-26/h3-18,21-22,30H,2,19-20,23-24H2,1H3/b22-18+. The Morgan fingerprint density at radius 1 is 0.914 bits per heavy atom. The molecule has 1 unspecified atom stereocenters. The molecule has 1 aliphatic heterocycles. The number of carbonyl (C=O) groups is 1. The molecule has 5 heteroatoms. The van der Waals surface area contributed by atoms with Gasteiger partial charge in [0, 0.05) is 18.5 Å². The van der Waals surface area contributed by atoms with Crippen molar-refractivity contribution in [1.82, 2.24) is 4.90 Å². The van der Waals surface area contributed by atoms with Crippen LogP contribution in [0.15, 0.2) is 103 Å². The molecule has 35 heavy (non-hydrogen) atoms. The van der Waals surface area contributed by atoms with Crippen molar-refractivity contribution < 1.29 is 9.53 Å². The van der Waals surface area contributed by atoms with Crippen molar-refractivity contribution in [2.75, 3.05) is 18.9 Å². The van der Waals surface area contributed by atoms with E-state index < -0.39 is 6.04 Å². The molecular weight excluding hydrogens is 469 g/mol. The van der Waals surface area contributed by atoms with Crippen molar-refractivity contribution in [1.29, 1.82) is 0 Å². The van der Waals surface area contributed by atoms with Gasteiger partial charge in [0.1, 0.15) is 0 Å². The van der Waals surface area contributed by atoms with Crippen LogP contribution in [0, 0.1) is 0 Å². The first-order valence-corrected chi connectivity index (χ1v) is 15.4. The Kier molecular flexibility index (Phi) is 8.74. The van der Waals surface area contributed by atoms with Gasteiger partial charge in [0.2, 0.25) is 0 Å². The predicted octanol–water partition coefficient (Wildman–Crippen LogP) is 7.01. The molecule has 0 spiro atoms. The van der Waals surface area contributed by atoms with E-state index in [-0.39, 0.29) is 11.8 Å². The third-order valence-corrected chi connectivity index (χ3v) is 11.4. The van der Waals surface area contributed by atoms with Crippen molar-refractivity contribution in [2.24, 2.45) is 0 Å². The van der Waals surface area contributed by atoms with E-state index in [9.17, 15) is 4.79 Å². The molecular formula is C30H32NO2PS. The molecule has 180 valence electrons. The van der Waals surface area contributed by atoms with Crippen LogP contribution in [-0.2, 0) is 34.2 Å².